The first-order valence-corrected chi connectivity index (χ1v) is 11.3. The number of methoxy groups -OCH3 is 1. The van der Waals surface area contributed by atoms with Crippen LogP contribution >= 0.6 is 11.6 Å². The first kappa shape index (κ1) is 24.9. The van der Waals surface area contributed by atoms with E-state index in [0.29, 0.717) is 27.5 Å². The van der Waals surface area contributed by atoms with Crippen LogP contribution in [0.25, 0.3) is 5.57 Å². The van der Waals surface area contributed by atoms with Crippen LogP contribution in [-0.4, -0.2) is 43.9 Å². The molecule has 31 heavy (non-hydrogen) atoms. The topological polar surface area (TPSA) is 113 Å². The van der Waals surface area contributed by atoms with E-state index in [1.807, 2.05) is 0 Å². The summed E-state index contributed by atoms with van der Waals surface area (Å²) in [6.45, 7) is 4.85. The number of carboxylic acids is 1. The summed E-state index contributed by atoms with van der Waals surface area (Å²) in [5.74, 6) is -0.763. The molecule has 9 heteroatoms. The number of sulfonamides is 1. The Morgan fingerprint density at radius 1 is 1.10 bits per heavy atom. The van der Waals surface area contributed by atoms with Gasteiger partial charge in [-0.25, -0.2) is 17.9 Å². The molecule has 0 aliphatic heterocycles. The number of ether oxygens (including phenoxy) is 1. The second-order valence-corrected chi connectivity index (χ2v) is 9.95. The number of halogens is 1. The Labute approximate surface area is 187 Å². The van der Waals surface area contributed by atoms with Crippen LogP contribution in [0.4, 0.5) is 0 Å². The molecule has 0 atom stereocenters. The average molecular weight is 468 g/mol. The van der Waals surface area contributed by atoms with E-state index in [9.17, 15) is 23.4 Å². The van der Waals surface area contributed by atoms with E-state index >= 15 is 0 Å². The number of nitrogens with one attached hydrogen (secondary N) is 1. The highest BCUT2D eigenvalue weighted by atomic mass is 35.5. The lowest BCUT2D eigenvalue weighted by Gasteiger charge is -2.20. The SMILES string of the molecule is COc1ccc(C(=C(CCO)C(=O)O)c2ccc(S(=O)(=O)NC(C)(C)C)cc2)cc1Cl. The van der Waals surface area contributed by atoms with Gasteiger partial charge in [-0.1, -0.05) is 29.8 Å². The molecule has 0 aliphatic rings. The van der Waals surface area contributed by atoms with Gasteiger partial charge in [-0.3, -0.25) is 0 Å². The molecular formula is C22H26ClNO6S. The minimum absolute atomic E-state index is 0.0212. The molecule has 0 aliphatic carbocycles. The molecule has 7 nitrogen and oxygen atoms in total. The zero-order valence-corrected chi connectivity index (χ0v) is 19.3. The second-order valence-electron chi connectivity index (χ2n) is 7.86. The van der Waals surface area contributed by atoms with E-state index < -0.39 is 21.5 Å². The summed E-state index contributed by atoms with van der Waals surface area (Å²) in [7, 11) is -2.28. The highest BCUT2D eigenvalue weighted by molar-refractivity contribution is 7.89. The van der Waals surface area contributed by atoms with Gasteiger partial charge in [0.2, 0.25) is 10.0 Å². The van der Waals surface area contributed by atoms with Crippen LogP contribution in [0.5, 0.6) is 5.75 Å². The number of rotatable bonds is 8. The second kappa shape index (κ2) is 9.82. The molecule has 0 unspecified atom stereocenters. The maximum absolute atomic E-state index is 12.6. The molecule has 2 rings (SSSR count). The molecular weight excluding hydrogens is 442 g/mol. The zero-order valence-electron chi connectivity index (χ0n) is 17.8. The van der Waals surface area contributed by atoms with Gasteiger partial charge < -0.3 is 14.9 Å². The van der Waals surface area contributed by atoms with Gasteiger partial charge in [-0.15, -0.1) is 0 Å². The van der Waals surface area contributed by atoms with Crippen LogP contribution in [0.3, 0.4) is 0 Å². The standard InChI is InChI=1S/C22H26ClNO6S/c1-22(2,3)24-31(28,29)16-8-5-14(6-9-16)20(17(11-12-25)21(26)27)15-7-10-19(30-4)18(23)13-15/h5-10,13,24-25H,11-12H2,1-4H3,(H,26,27). The molecule has 3 N–H and O–H groups in total. The highest BCUT2D eigenvalue weighted by Gasteiger charge is 2.23. The maximum atomic E-state index is 12.6. The lowest BCUT2D eigenvalue weighted by Crippen LogP contribution is -2.40. The normalized spacial score (nSPS) is 13.0. The van der Waals surface area contributed by atoms with Gasteiger partial charge in [0.05, 0.1) is 17.0 Å². The molecule has 0 radical (unpaired) electrons. The van der Waals surface area contributed by atoms with Crippen LogP contribution < -0.4 is 9.46 Å². The van der Waals surface area contributed by atoms with Gasteiger partial charge >= 0.3 is 5.97 Å². The third-order valence-electron chi connectivity index (χ3n) is 4.26. The van der Waals surface area contributed by atoms with Gasteiger partial charge in [0, 0.05) is 24.1 Å². The summed E-state index contributed by atoms with van der Waals surface area (Å²) >= 11 is 6.24. The summed E-state index contributed by atoms with van der Waals surface area (Å²) < 4.78 is 32.9. The number of hydrogen-bond donors (Lipinski definition) is 3. The maximum Gasteiger partial charge on any atom is 0.332 e. The molecule has 0 saturated heterocycles. The van der Waals surface area contributed by atoms with E-state index in [1.165, 1.54) is 31.4 Å². The predicted molar refractivity (Wildman–Crippen MR) is 120 cm³/mol. The smallest absolute Gasteiger partial charge is 0.332 e. The van der Waals surface area contributed by atoms with Crippen molar-refractivity contribution in [3.63, 3.8) is 0 Å². The van der Waals surface area contributed by atoms with Crippen molar-refractivity contribution in [1.82, 2.24) is 4.72 Å². The van der Waals surface area contributed by atoms with Gasteiger partial charge in [0.15, 0.2) is 0 Å². The molecule has 0 heterocycles. The van der Waals surface area contributed by atoms with Crippen molar-refractivity contribution in [1.29, 1.82) is 0 Å². The van der Waals surface area contributed by atoms with Crippen molar-refractivity contribution in [2.24, 2.45) is 0 Å². The molecule has 2 aromatic rings. The number of aliphatic hydroxyl groups excluding tert-OH is 1. The van der Waals surface area contributed by atoms with Crippen molar-refractivity contribution < 1.29 is 28.2 Å². The van der Waals surface area contributed by atoms with Crippen molar-refractivity contribution >= 4 is 33.2 Å². The molecule has 0 amide bonds. The summed E-state index contributed by atoms with van der Waals surface area (Å²) in [5, 5.41) is 19.4. The summed E-state index contributed by atoms with van der Waals surface area (Å²) in [5.41, 5.74) is 0.632. The lowest BCUT2D eigenvalue weighted by molar-refractivity contribution is -0.132. The Bertz CT molecular complexity index is 1090. The molecule has 0 bridgehead atoms. The Morgan fingerprint density at radius 2 is 1.68 bits per heavy atom. The van der Waals surface area contributed by atoms with E-state index in [0.717, 1.165) is 0 Å². The van der Waals surface area contributed by atoms with Crippen LogP contribution in [-0.2, 0) is 14.8 Å². The Hall–Kier alpha value is -2.39. The number of aliphatic hydroxyl groups is 1. The predicted octanol–water partition coefficient (Wildman–Crippen LogP) is 3.69. The van der Waals surface area contributed by atoms with Crippen LogP contribution in [0.1, 0.15) is 38.3 Å². The summed E-state index contributed by atoms with van der Waals surface area (Å²) in [6.07, 6.45) is -0.0973. The Kier molecular flexibility index (Phi) is 7.88. The summed E-state index contributed by atoms with van der Waals surface area (Å²) in [4.78, 5) is 12.0. The van der Waals surface area contributed by atoms with Gasteiger partial charge in [0.25, 0.3) is 0 Å². The summed E-state index contributed by atoms with van der Waals surface area (Å²) in [6, 6.07) is 10.7. The van der Waals surface area contributed by atoms with Crippen molar-refractivity contribution in [3.8, 4) is 5.75 Å². The van der Waals surface area contributed by atoms with Crippen molar-refractivity contribution in [3.05, 3.63) is 64.2 Å². The third-order valence-corrected chi connectivity index (χ3v) is 6.33. The number of carboxylic acid groups (broad SMARTS) is 1. The van der Waals surface area contributed by atoms with E-state index in [-0.39, 0.29) is 23.5 Å². The number of carbonyl (C=O) groups is 1. The van der Waals surface area contributed by atoms with Crippen LogP contribution in [0.15, 0.2) is 52.9 Å². The largest absolute Gasteiger partial charge is 0.495 e. The minimum Gasteiger partial charge on any atom is -0.495 e. The lowest BCUT2D eigenvalue weighted by atomic mass is 9.91. The fourth-order valence-electron chi connectivity index (χ4n) is 3.05. The molecule has 2 aromatic carbocycles. The first-order chi connectivity index (χ1) is 14.4. The third kappa shape index (κ3) is 6.30. The molecule has 0 saturated carbocycles. The van der Waals surface area contributed by atoms with E-state index in [4.69, 9.17) is 16.3 Å². The highest BCUT2D eigenvalue weighted by Crippen LogP contribution is 2.34. The number of aliphatic carboxylic acids is 1. The van der Waals surface area contributed by atoms with E-state index in [2.05, 4.69) is 4.72 Å². The average Bonchev–Trinajstić information content (AvgIpc) is 2.66. The van der Waals surface area contributed by atoms with Crippen molar-refractivity contribution in [2.75, 3.05) is 13.7 Å². The van der Waals surface area contributed by atoms with Crippen molar-refractivity contribution in [2.45, 2.75) is 37.6 Å². The molecule has 0 fully saturated rings. The molecule has 168 valence electrons. The van der Waals surface area contributed by atoms with Crippen LogP contribution in [0.2, 0.25) is 5.02 Å². The number of benzene rings is 2. The fraction of sp³-hybridized carbons (Fsp3) is 0.318. The Morgan fingerprint density at radius 3 is 2.13 bits per heavy atom. The van der Waals surface area contributed by atoms with Gasteiger partial charge in [-0.2, -0.15) is 0 Å². The molecule has 0 aromatic heterocycles. The zero-order chi connectivity index (χ0) is 23.4. The first-order valence-electron chi connectivity index (χ1n) is 9.45. The van der Waals surface area contributed by atoms with Gasteiger partial charge in [0.1, 0.15) is 5.75 Å². The van der Waals surface area contributed by atoms with Crippen LogP contribution in [0, 0.1) is 0 Å². The quantitative estimate of drug-likeness (QED) is 0.510. The fourth-order valence-corrected chi connectivity index (χ4v) is 4.73. The van der Waals surface area contributed by atoms with E-state index in [1.54, 1.807) is 39.0 Å². The number of hydrogen-bond acceptors (Lipinski definition) is 5. The monoisotopic (exact) mass is 467 g/mol. The Balaban J connectivity index is 2.65. The minimum atomic E-state index is -3.75. The van der Waals surface area contributed by atoms with Gasteiger partial charge in [-0.05, 0) is 61.7 Å². The molecule has 0 spiro atoms.